The van der Waals surface area contributed by atoms with Gasteiger partial charge in [0.2, 0.25) is 0 Å². The number of rotatable bonds is 8. The number of hydrogen-bond acceptors (Lipinski definition) is 6. The highest BCUT2D eigenvalue weighted by Crippen LogP contribution is 2.45. The molecule has 1 saturated heterocycles. The van der Waals surface area contributed by atoms with E-state index in [2.05, 4.69) is 6.92 Å². The molecule has 0 radical (unpaired) electrons. The molecule has 6 nitrogen and oxygen atoms in total. The Balaban J connectivity index is 1.92. The van der Waals surface area contributed by atoms with Crippen molar-refractivity contribution in [3.8, 4) is 0 Å². The van der Waals surface area contributed by atoms with E-state index in [-0.39, 0.29) is 17.9 Å². The molecule has 146 valence electrons. The molecular formula is C20H25NO5S. The lowest BCUT2D eigenvalue weighted by Crippen LogP contribution is -2.37. The Morgan fingerprint density at radius 1 is 1.26 bits per heavy atom. The number of unbranched alkanes of at least 4 members (excludes halogenated alkanes) is 3. The lowest BCUT2D eigenvalue weighted by Gasteiger charge is -2.22. The Morgan fingerprint density at radius 2 is 2.04 bits per heavy atom. The summed E-state index contributed by atoms with van der Waals surface area (Å²) in [6, 6.07) is 7.38. The number of benzene rings is 1. The number of thiazole rings is 1. The fourth-order valence-corrected chi connectivity index (χ4v) is 4.58. The molecule has 0 amide bonds. The van der Waals surface area contributed by atoms with Crippen LogP contribution < -0.4 is 4.87 Å². The van der Waals surface area contributed by atoms with Crippen LogP contribution in [0.15, 0.2) is 29.1 Å². The summed E-state index contributed by atoms with van der Waals surface area (Å²) in [5.41, 5.74) is -0.604. The summed E-state index contributed by atoms with van der Waals surface area (Å²) in [5.74, 6) is -1.12. The van der Waals surface area contributed by atoms with Crippen molar-refractivity contribution in [3.05, 3.63) is 33.9 Å². The molecule has 1 fully saturated rings. The number of ether oxygens (including phenoxy) is 2. The fourth-order valence-electron chi connectivity index (χ4n) is 3.66. The van der Waals surface area contributed by atoms with E-state index in [0.717, 1.165) is 47.2 Å². The van der Waals surface area contributed by atoms with Gasteiger partial charge in [-0.05, 0) is 25.5 Å². The van der Waals surface area contributed by atoms with Crippen molar-refractivity contribution in [2.75, 3.05) is 6.61 Å². The number of aromatic nitrogens is 1. The van der Waals surface area contributed by atoms with Gasteiger partial charge in [0.1, 0.15) is 0 Å². The van der Waals surface area contributed by atoms with E-state index in [0.29, 0.717) is 6.42 Å². The summed E-state index contributed by atoms with van der Waals surface area (Å²) in [6.07, 6.45) is 3.54. The molecule has 1 aromatic heterocycles. The number of cyclic esters (lactones) is 1. The van der Waals surface area contributed by atoms with Crippen molar-refractivity contribution >= 4 is 33.5 Å². The summed E-state index contributed by atoms with van der Waals surface area (Å²) in [5, 5.41) is 0. The number of nitrogens with zero attached hydrogens (tertiary/aromatic N) is 1. The van der Waals surface area contributed by atoms with Crippen LogP contribution >= 0.6 is 11.3 Å². The van der Waals surface area contributed by atoms with E-state index in [1.807, 2.05) is 24.3 Å². The Labute approximate surface area is 162 Å². The standard InChI is InChI=1S/C20H25NO5S/c1-3-5-6-9-12-20(17(22)25-4-2)13-16(26-18(20)23)21-14-10-7-8-11-15(14)27-19(21)24/h7-8,10-11,16H,3-6,9,12-13H2,1-2H3. The molecule has 2 atom stereocenters. The quantitative estimate of drug-likeness (QED) is 0.386. The molecule has 1 aromatic carbocycles. The Kier molecular flexibility index (Phi) is 5.99. The van der Waals surface area contributed by atoms with Crippen molar-refractivity contribution in [2.24, 2.45) is 5.41 Å². The zero-order valence-electron chi connectivity index (χ0n) is 15.7. The summed E-state index contributed by atoms with van der Waals surface area (Å²) in [7, 11) is 0. The van der Waals surface area contributed by atoms with Crippen molar-refractivity contribution in [1.29, 1.82) is 0 Å². The third-order valence-corrected chi connectivity index (χ3v) is 6.02. The second-order valence-corrected chi connectivity index (χ2v) is 7.88. The smallest absolute Gasteiger partial charge is 0.325 e. The molecule has 2 unspecified atom stereocenters. The van der Waals surface area contributed by atoms with Crippen LogP contribution in [-0.4, -0.2) is 23.1 Å². The van der Waals surface area contributed by atoms with Crippen molar-refractivity contribution < 1.29 is 19.1 Å². The number of hydrogen-bond donors (Lipinski definition) is 0. The van der Waals surface area contributed by atoms with Gasteiger partial charge in [0.15, 0.2) is 11.6 Å². The molecule has 7 heteroatoms. The highest BCUT2D eigenvalue weighted by atomic mass is 32.1. The maximum Gasteiger partial charge on any atom is 0.325 e. The predicted molar refractivity (Wildman–Crippen MR) is 104 cm³/mol. The van der Waals surface area contributed by atoms with Gasteiger partial charge in [0, 0.05) is 6.42 Å². The van der Waals surface area contributed by atoms with Gasteiger partial charge in [0.25, 0.3) is 0 Å². The minimum Gasteiger partial charge on any atom is -0.465 e. The summed E-state index contributed by atoms with van der Waals surface area (Å²) < 4.78 is 13.1. The molecule has 2 aromatic rings. The average molecular weight is 391 g/mol. The van der Waals surface area contributed by atoms with Gasteiger partial charge in [-0.15, -0.1) is 0 Å². The second kappa shape index (κ2) is 8.25. The van der Waals surface area contributed by atoms with Gasteiger partial charge in [-0.25, -0.2) is 0 Å². The van der Waals surface area contributed by atoms with Gasteiger partial charge in [-0.2, -0.15) is 0 Å². The minimum atomic E-state index is -1.32. The third kappa shape index (κ3) is 3.65. The van der Waals surface area contributed by atoms with Crippen LogP contribution in [0.3, 0.4) is 0 Å². The maximum atomic E-state index is 12.8. The first-order valence-electron chi connectivity index (χ1n) is 9.52. The van der Waals surface area contributed by atoms with Crippen LogP contribution in [0, 0.1) is 5.41 Å². The van der Waals surface area contributed by atoms with Gasteiger partial charge < -0.3 is 9.47 Å². The molecule has 0 bridgehead atoms. The van der Waals surface area contributed by atoms with E-state index in [4.69, 9.17) is 9.47 Å². The Morgan fingerprint density at radius 3 is 2.78 bits per heavy atom. The summed E-state index contributed by atoms with van der Waals surface area (Å²) >= 11 is 1.11. The first-order valence-corrected chi connectivity index (χ1v) is 10.3. The SMILES string of the molecule is CCCCCCC1(C(=O)OCC)CC(n2c(=O)sc3ccccc32)OC1=O. The van der Waals surface area contributed by atoms with E-state index in [9.17, 15) is 14.4 Å². The van der Waals surface area contributed by atoms with Crippen LogP contribution in [0.4, 0.5) is 0 Å². The monoisotopic (exact) mass is 391 g/mol. The normalized spacial score (nSPS) is 22.1. The number of esters is 2. The van der Waals surface area contributed by atoms with E-state index < -0.39 is 23.6 Å². The molecule has 1 aliphatic heterocycles. The number of carbonyl (C=O) groups excluding carboxylic acids is 2. The molecule has 3 rings (SSSR count). The second-order valence-electron chi connectivity index (χ2n) is 6.88. The van der Waals surface area contributed by atoms with Gasteiger partial charge >= 0.3 is 16.8 Å². The third-order valence-electron chi connectivity index (χ3n) is 5.09. The first-order chi connectivity index (χ1) is 13.0. The highest BCUT2D eigenvalue weighted by molar-refractivity contribution is 7.16. The summed E-state index contributed by atoms with van der Waals surface area (Å²) in [6.45, 7) is 4.03. The van der Waals surface area contributed by atoms with Crippen LogP contribution in [-0.2, 0) is 19.1 Å². The topological polar surface area (TPSA) is 74.6 Å². The van der Waals surface area contributed by atoms with Crippen LogP contribution in [0.25, 0.3) is 10.2 Å². The molecule has 0 aliphatic carbocycles. The van der Waals surface area contributed by atoms with E-state index in [1.54, 1.807) is 6.92 Å². The average Bonchev–Trinajstić information content (AvgIpc) is 3.15. The lowest BCUT2D eigenvalue weighted by molar-refractivity contribution is -0.166. The largest absolute Gasteiger partial charge is 0.465 e. The number of para-hydroxylation sites is 1. The van der Waals surface area contributed by atoms with Crippen molar-refractivity contribution in [1.82, 2.24) is 4.57 Å². The first kappa shape index (κ1) is 19.6. The van der Waals surface area contributed by atoms with Gasteiger partial charge in [-0.1, -0.05) is 56.1 Å². The maximum absolute atomic E-state index is 12.8. The van der Waals surface area contributed by atoms with Crippen LogP contribution in [0.5, 0.6) is 0 Å². The molecule has 0 saturated carbocycles. The number of fused-ring (bicyclic) bond motifs is 1. The Bertz CT molecular complexity index is 886. The highest BCUT2D eigenvalue weighted by Gasteiger charge is 2.56. The molecule has 0 spiro atoms. The van der Waals surface area contributed by atoms with Crippen LogP contribution in [0.2, 0.25) is 0 Å². The lowest BCUT2D eigenvalue weighted by atomic mass is 9.80. The molecule has 2 heterocycles. The van der Waals surface area contributed by atoms with E-state index in [1.165, 1.54) is 4.57 Å². The van der Waals surface area contributed by atoms with Gasteiger partial charge in [-0.3, -0.25) is 19.0 Å². The van der Waals surface area contributed by atoms with Crippen LogP contribution in [0.1, 0.15) is 58.6 Å². The minimum absolute atomic E-state index is 0.136. The zero-order valence-corrected chi connectivity index (χ0v) is 16.5. The number of carbonyl (C=O) groups is 2. The Hall–Kier alpha value is -2.15. The van der Waals surface area contributed by atoms with Crippen molar-refractivity contribution in [3.63, 3.8) is 0 Å². The van der Waals surface area contributed by atoms with Crippen molar-refractivity contribution in [2.45, 2.75) is 58.6 Å². The predicted octanol–water partition coefficient (Wildman–Crippen LogP) is 4.03. The fraction of sp³-hybridized carbons (Fsp3) is 0.550. The molecule has 1 aliphatic rings. The molecular weight excluding hydrogens is 366 g/mol. The van der Waals surface area contributed by atoms with Gasteiger partial charge in [0.05, 0.1) is 16.8 Å². The molecule has 0 N–H and O–H groups in total. The van der Waals surface area contributed by atoms with E-state index >= 15 is 0 Å². The molecule has 27 heavy (non-hydrogen) atoms. The zero-order chi connectivity index (χ0) is 19.4. The summed E-state index contributed by atoms with van der Waals surface area (Å²) in [4.78, 5) is 37.8.